The average Bonchev–Trinajstić information content (AvgIpc) is 2.68. The molecule has 8 heteroatoms. The van der Waals surface area contributed by atoms with E-state index in [4.69, 9.17) is 23.2 Å². The number of hydrogen-bond acceptors (Lipinski definition) is 3. The highest BCUT2D eigenvalue weighted by molar-refractivity contribution is 7.89. The Morgan fingerprint density at radius 1 is 1.19 bits per heavy atom. The van der Waals surface area contributed by atoms with Crippen molar-refractivity contribution in [2.24, 2.45) is 0 Å². The largest absolute Gasteiger partial charge is 0.301 e. The van der Waals surface area contributed by atoms with Crippen molar-refractivity contribution in [2.45, 2.75) is 11.3 Å². The van der Waals surface area contributed by atoms with Crippen LogP contribution in [0.3, 0.4) is 0 Å². The SMILES string of the molecule is O=S(=O)(c1cc(F)ccc1Cl)N1CCCN(CCCl)CC1. The van der Waals surface area contributed by atoms with Crippen LogP contribution in [0.15, 0.2) is 23.1 Å². The van der Waals surface area contributed by atoms with Crippen LogP contribution in [0.2, 0.25) is 5.02 Å². The van der Waals surface area contributed by atoms with E-state index in [0.29, 0.717) is 31.9 Å². The maximum Gasteiger partial charge on any atom is 0.244 e. The van der Waals surface area contributed by atoms with Gasteiger partial charge in [0.05, 0.1) is 5.02 Å². The Balaban J connectivity index is 2.21. The summed E-state index contributed by atoms with van der Waals surface area (Å²) in [5, 5.41) is 0.0401. The average molecular weight is 355 g/mol. The Bertz CT molecular complexity index is 598. The van der Waals surface area contributed by atoms with Gasteiger partial charge in [-0.05, 0) is 31.2 Å². The molecule has 1 fully saturated rings. The zero-order chi connectivity index (χ0) is 15.5. The molecule has 1 saturated heterocycles. The van der Waals surface area contributed by atoms with E-state index in [2.05, 4.69) is 4.90 Å². The van der Waals surface area contributed by atoms with Crippen LogP contribution in [-0.4, -0.2) is 56.2 Å². The monoisotopic (exact) mass is 354 g/mol. The van der Waals surface area contributed by atoms with Gasteiger partial charge < -0.3 is 4.90 Å². The lowest BCUT2D eigenvalue weighted by molar-refractivity contribution is 0.303. The van der Waals surface area contributed by atoms with Crippen molar-refractivity contribution in [1.82, 2.24) is 9.21 Å². The summed E-state index contributed by atoms with van der Waals surface area (Å²) in [6.45, 7) is 2.89. The molecule has 1 aliphatic heterocycles. The third-order valence-corrected chi connectivity index (χ3v) is 6.01. The summed E-state index contributed by atoms with van der Waals surface area (Å²) in [5.74, 6) is -0.0979. The van der Waals surface area contributed by atoms with E-state index in [1.165, 1.54) is 10.4 Å². The molecule has 4 nitrogen and oxygen atoms in total. The van der Waals surface area contributed by atoms with Gasteiger partial charge in [-0.2, -0.15) is 4.31 Å². The Morgan fingerprint density at radius 3 is 2.67 bits per heavy atom. The van der Waals surface area contributed by atoms with E-state index in [1.807, 2.05) is 0 Å². The minimum absolute atomic E-state index is 0.0401. The molecule has 0 atom stereocenters. The molecule has 0 N–H and O–H groups in total. The first-order chi connectivity index (χ1) is 9.95. The first-order valence-corrected chi connectivity index (χ1v) is 9.04. The Morgan fingerprint density at radius 2 is 1.95 bits per heavy atom. The second-order valence-electron chi connectivity index (χ2n) is 4.86. The molecule has 0 aromatic heterocycles. The number of sulfonamides is 1. The number of hydrogen-bond donors (Lipinski definition) is 0. The zero-order valence-corrected chi connectivity index (χ0v) is 13.8. The van der Waals surface area contributed by atoms with Crippen molar-refractivity contribution >= 4 is 33.2 Å². The molecule has 0 radical (unpaired) electrons. The molecule has 2 rings (SSSR count). The van der Waals surface area contributed by atoms with Crippen LogP contribution in [0, 0.1) is 5.82 Å². The summed E-state index contributed by atoms with van der Waals surface area (Å²) in [6.07, 6.45) is 0.711. The summed E-state index contributed by atoms with van der Waals surface area (Å²) in [6, 6.07) is 3.38. The molecular formula is C13H17Cl2FN2O2S. The number of benzene rings is 1. The summed E-state index contributed by atoms with van der Waals surface area (Å²) in [5.41, 5.74) is 0. The van der Waals surface area contributed by atoms with Crippen LogP contribution in [-0.2, 0) is 10.0 Å². The molecule has 0 spiro atoms. The van der Waals surface area contributed by atoms with Gasteiger partial charge >= 0.3 is 0 Å². The second kappa shape index (κ2) is 7.24. The first-order valence-electron chi connectivity index (χ1n) is 6.68. The van der Waals surface area contributed by atoms with Crippen molar-refractivity contribution in [3.05, 3.63) is 29.0 Å². The van der Waals surface area contributed by atoms with E-state index in [0.717, 1.165) is 25.2 Å². The predicted octanol–water partition coefficient (Wildman–Crippen LogP) is 2.41. The summed E-state index contributed by atoms with van der Waals surface area (Å²) in [4.78, 5) is 1.95. The number of rotatable bonds is 4. The minimum atomic E-state index is -3.78. The van der Waals surface area contributed by atoms with Gasteiger partial charge in [-0.25, -0.2) is 12.8 Å². The summed E-state index contributed by atoms with van der Waals surface area (Å²) >= 11 is 11.6. The maximum absolute atomic E-state index is 13.3. The molecular weight excluding hydrogens is 338 g/mol. The summed E-state index contributed by atoms with van der Waals surface area (Å²) in [7, 11) is -3.78. The quantitative estimate of drug-likeness (QED) is 0.779. The minimum Gasteiger partial charge on any atom is -0.301 e. The van der Waals surface area contributed by atoms with Gasteiger partial charge in [0.2, 0.25) is 10.0 Å². The highest BCUT2D eigenvalue weighted by atomic mass is 35.5. The van der Waals surface area contributed by atoms with Gasteiger partial charge in [0.15, 0.2) is 0 Å². The maximum atomic E-state index is 13.3. The van der Waals surface area contributed by atoms with E-state index in [9.17, 15) is 12.8 Å². The van der Waals surface area contributed by atoms with Crippen molar-refractivity contribution in [3.63, 3.8) is 0 Å². The van der Waals surface area contributed by atoms with Crippen LogP contribution in [0.1, 0.15) is 6.42 Å². The fourth-order valence-corrected chi connectivity index (χ4v) is 4.54. The summed E-state index contributed by atoms with van der Waals surface area (Å²) < 4.78 is 39.9. The normalized spacial score (nSPS) is 18.6. The van der Waals surface area contributed by atoms with Gasteiger partial charge in [-0.15, -0.1) is 11.6 Å². The fraction of sp³-hybridized carbons (Fsp3) is 0.538. The molecule has 0 aliphatic carbocycles. The highest BCUT2D eigenvalue weighted by Crippen LogP contribution is 2.26. The number of halogens is 3. The van der Waals surface area contributed by atoms with Crippen molar-refractivity contribution < 1.29 is 12.8 Å². The van der Waals surface area contributed by atoms with Gasteiger partial charge in [0, 0.05) is 32.1 Å². The van der Waals surface area contributed by atoms with E-state index >= 15 is 0 Å². The first kappa shape index (κ1) is 17.0. The smallest absolute Gasteiger partial charge is 0.244 e. The lowest BCUT2D eigenvalue weighted by Crippen LogP contribution is -2.35. The predicted molar refractivity (Wildman–Crippen MR) is 81.9 cm³/mol. The number of alkyl halides is 1. The molecule has 0 saturated carbocycles. The van der Waals surface area contributed by atoms with E-state index in [1.54, 1.807) is 0 Å². The van der Waals surface area contributed by atoms with Crippen molar-refractivity contribution in [2.75, 3.05) is 38.6 Å². The molecule has 1 heterocycles. The topological polar surface area (TPSA) is 40.6 Å². The van der Waals surface area contributed by atoms with E-state index < -0.39 is 15.8 Å². The number of nitrogens with zero attached hydrogens (tertiary/aromatic N) is 2. The molecule has 21 heavy (non-hydrogen) atoms. The van der Waals surface area contributed by atoms with Gasteiger partial charge in [-0.1, -0.05) is 11.6 Å². The Labute approximate surface area is 134 Å². The molecule has 0 unspecified atom stereocenters. The molecule has 118 valence electrons. The molecule has 0 bridgehead atoms. The van der Waals surface area contributed by atoms with Crippen LogP contribution >= 0.6 is 23.2 Å². The third kappa shape index (κ3) is 4.07. The van der Waals surface area contributed by atoms with Gasteiger partial charge in [0.25, 0.3) is 0 Å². The van der Waals surface area contributed by atoms with Crippen molar-refractivity contribution in [3.8, 4) is 0 Å². The van der Waals surface area contributed by atoms with Crippen LogP contribution in [0.5, 0.6) is 0 Å². The van der Waals surface area contributed by atoms with Crippen molar-refractivity contribution in [1.29, 1.82) is 0 Å². The third-order valence-electron chi connectivity index (χ3n) is 3.46. The standard InChI is InChI=1S/C13H17Cl2FN2O2S/c14-4-7-17-5-1-6-18(9-8-17)21(19,20)13-10-11(16)2-3-12(13)15/h2-3,10H,1,4-9H2. The lowest BCUT2D eigenvalue weighted by Gasteiger charge is -2.21. The Kier molecular flexibility index (Phi) is 5.85. The highest BCUT2D eigenvalue weighted by Gasteiger charge is 2.28. The van der Waals surface area contributed by atoms with Crippen LogP contribution in [0.25, 0.3) is 0 Å². The fourth-order valence-electron chi connectivity index (χ4n) is 2.34. The molecule has 1 aromatic rings. The van der Waals surface area contributed by atoms with Crippen LogP contribution in [0.4, 0.5) is 4.39 Å². The van der Waals surface area contributed by atoms with Gasteiger partial charge in [-0.3, -0.25) is 0 Å². The van der Waals surface area contributed by atoms with Crippen LogP contribution < -0.4 is 0 Å². The Hall–Kier alpha value is -0.400. The lowest BCUT2D eigenvalue weighted by atomic mass is 10.3. The molecule has 1 aromatic carbocycles. The second-order valence-corrected chi connectivity index (χ2v) is 7.55. The molecule has 1 aliphatic rings. The zero-order valence-electron chi connectivity index (χ0n) is 11.4. The molecule has 0 amide bonds. The van der Waals surface area contributed by atoms with Gasteiger partial charge in [0.1, 0.15) is 10.7 Å². The van der Waals surface area contributed by atoms with E-state index in [-0.39, 0.29) is 9.92 Å².